The second-order valence-corrected chi connectivity index (χ2v) is 10.9. The van der Waals surface area contributed by atoms with Crippen LogP contribution in [0.4, 0.5) is 0 Å². The molecule has 0 saturated carbocycles. The molecule has 0 bridgehead atoms. The van der Waals surface area contributed by atoms with Gasteiger partial charge in [-0.3, -0.25) is 9.59 Å². The number of nitrogens with zero attached hydrogens (tertiary/aromatic N) is 2. The van der Waals surface area contributed by atoms with Crippen LogP contribution < -0.4 is 0 Å². The molecule has 0 saturated heterocycles. The van der Waals surface area contributed by atoms with E-state index in [1.807, 2.05) is 52.7 Å². The van der Waals surface area contributed by atoms with Crippen molar-refractivity contribution in [3.05, 3.63) is 91.6 Å². The number of alkyl halides is 1. The van der Waals surface area contributed by atoms with Crippen molar-refractivity contribution in [2.24, 2.45) is 0 Å². The third-order valence-electron chi connectivity index (χ3n) is 6.27. The first kappa shape index (κ1) is 27.0. The molecule has 3 aromatic rings. The lowest BCUT2D eigenvalue weighted by Gasteiger charge is -2.38. The average molecular weight is 566 g/mol. The Bertz CT molecular complexity index is 1200. The Kier molecular flexibility index (Phi) is 9.31. The molecule has 4 rings (SSSR count). The van der Waals surface area contributed by atoms with Gasteiger partial charge in [0.15, 0.2) is 0 Å². The van der Waals surface area contributed by atoms with Gasteiger partial charge in [-0.1, -0.05) is 59.6 Å². The van der Waals surface area contributed by atoms with E-state index in [1.165, 1.54) is 9.78 Å². The topological polar surface area (TPSA) is 49.9 Å². The maximum absolute atomic E-state index is 13.8. The molecule has 1 aliphatic rings. The van der Waals surface area contributed by atoms with E-state index in [9.17, 15) is 9.59 Å². The number of halogens is 3. The predicted octanol–water partition coefficient (Wildman–Crippen LogP) is 6.37. The minimum absolute atomic E-state index is 0.0836. The van der Waals surface area contributed by atoms with E-state index in [-0.39, 0.29) is 24.4 Å². The summed E-state index contributed by atoms with van der Waals surface area (Å²) in [4.78, 5) is 31.8. The van der Waals surface area contributed by atoms with E-state index >= 15 is 0 Å². The molecule has 2 heterocycles. The molecule has 36 heavy (non-hydrogen) atoms. The van der Waals surface area contributed by atoms with Crippen molar-refractivity contribution >= 4 is 58.0 Å². The van der Waals surface area contributed by atoms with Gasteiger partial charge in [0.1, 0.15) is 5.38 Å². The molecule has 2 aromatic carbocycles. The summed E-state index contributed by atoms with van der Waals surface area (Å²) in [5.41, 5.74) is 2.56. The van der Waals surface area contributed by atoms with Crippen LogP contribution >= 0.6 is 46.1 Å². The third-order valence-corrected chi connectivity index (χ3v) is 8.26. The number of methoxy groups -OCH3 is 1. The Morgan fingerprint density at radius 3 is 2.64 bits per heavy atom. The van der Waals surface area contributed by atoms with Crippen molar-refractivity contribution in [3.63, 3.8) is 0 Å². The summed E-state index contributed by atoms with van der Waals surface area (Å²) < 4.78 is 5.18. The molecule has 9 heteroatoms. The summed E-state index contributed by atoms with van der Waals surface area (Å²) in [7, 11) is 1.61. The van der Waals surface area contributed by atoms with E-state index in [2.05, 4.69) is 0 Å². The molecule has 0 aliphatic carbocycles. The van der Waals surface area contributed by atoms with Crippen LogP contribution in [0.1, 0.15) is 39.4 Å². The van der Waals surface area contributed by atoms with Crippen molar-refractivity contribution in [3.8, 4) is 0 Å². The number of rotatable bonds is 9. The highest BCUT2D eigenvalue weighted by Crippen LogP contribution is 2.41. The number of carbonyl (C=O) groups is 2. The van der Waals surface area contributed by atoms with Crippen LogP contribution in [0.25, 0.3) is 0 Å². The van der Waals surface area contributed by atoms with Crippen molar-refractivity contribution in [2.45, 2.75) is 24.3 Å². The molecular weight excluding hydrogens is 539 g/mol. The first-order chi connectivity index (χ1) is 17.4. The second-order valence-electron chi connectivity index (χ2n) is 8.58. The fraction of sp³-hybridized carbons (Fsp3) is 0.333. The Hall–Kier alpha value is -2.09. The van der Waals surface area contributed by atoms with E-state index in [0.29, 0.717) is 41.7 Å². The zero-order valence-corrected chi connectivity index (χ0v) is 22.9. The normalized spacial score (nSPS) is 15.9. The van der Waals surface area contributed by atoms with Gasteiger partial charge >= 0.3 is 0 Å². The number of amides is 2. The largest absolute Gasteiger partial charge is 0.385 e. The molecule has 0 fully saturated rings. The van der Waals surface area contributed by atoms with Gasteiger partial charge in [0.25, 0.3) is 0 Å². The average Bonchev–Trinajstić information content (AvgIpc) is 3.36. The fourth-order valence-electron chi connectivity index (χ4n) is 4.49. The summed E-state index contributed by atoms with van der Waals surface area (Å²) in [6, 6.07) is 16.2. The predicted molar refractivity (Wildman–Crippen MR) is 146 cm³/mol. The lowest BCUT2D eigenvalue weighted by Crippen LogP contribution is -2.47. The number of hydrogen-bond donors (Lipinski definition) is 0. The van der Waals surface area contributed by atoms with Gasteiger partial charge < -0.3 is 14.5 Å². The highest BCUT2D eigenvalue weighted by molar-refractivity contribution is 7.10. The Labute approximate surface area is 230 Å². The SMILES string of the molecule is COCCCN(CC(=O)N1CCc2sccc2C1c1ccc(Cl)cc1Cl)C(=O)C(Cl)c1ccccc1. The van der Waals surface area contributed by atoms with Crippen LogP contribution in [0.3, 0.4) is 0 Å². The van der Waals surface area contributed by atoms with Crippen LogP contribution in [0.2, 0.25) is 10.0 Å². The van der Waals surface area contributed by atoms with E-state index in [1.54, 1.807) is 30.6 Å². The first-order valence-electron chi connectivity index (χ1n) is 11.7. The van der Waals surface area contributed by atoms with Gasteiger partial charge in [0.05, 0.1) is 12.6 Å². The van der Waals surface area contributed by atoms with Crippen molar-refractivity contribution in [1.82, 2.24) is 9.80 Å². The zero-order valence-electron chi connectivity index (χ0n) is 19.8. The van der Waals surface area contributed by atoms with Gasteiger partial charge in [-0.25, -0.2) is 0 Å². The Morgan fingerprint density at radius 2 is 1.92 bits per heavy atom. The quantitative estimate of drug-likeness (QED) is 0.224. The van der Waals surface area contributed by atoms with Crippen LogP contribution in [-0.4, -0.2) is 55.0 Å². The van der Waals surface area contributed by atoms with E-state index in [4.69, 9.17) is 39.5 Å². The maximum atomic E-state index is 13.8. The molecule has 0 N–H and O–H groups in total. The van der Waals surface area contributed by atoms with Crippen molar-refractivity contribution in [1.29, 1.82) is 0 Å². The van der Waals surface area contributed by atoms with E-state index < -0.39 is 5.38 Å². The van der Waals surface area contributed by atoms with Gasteiger partial charge in [-0.2, -0.15) is 0 Å². The second kappa shape index (κ2) is 12.4. The Morgan fingerprint density at radius 1 is 1.14 bits per heavy atom. The molecule has 0 spiro atoms. The number of hydrogen-bond acceptors (Lipinski definition) is 4. The van der Waals surface area contributed by atoms with Crippen LogP contribution in [0.15, 0.2) is 60.0 Å². The summed E-state index contributed by atoms with van der Waals surface area (Å²) in [5, 5.41) is 2.19. The zero-order chi connectivity index (χ0) is 25.7. The first-order valence-corrected chi connectivity index (χ1v) is 13.7. The monoisotopic (exact) mass is 564 g/mol. The lowest BCUT2D eigenvalue weighted by molar-refractivity contribution is -0.141. The summed E-state index contributed by atoms with van der Waals surface area (Å²) in [5.74, 6) is -0.466. The Balaban J connectivity index is 1.61. The molecule has 1 aliphatic heterocycles. The van der Waals surface area contributed by atoms with Gasteiger partial charge in [0, 0.05) is 41.7 Å². The molecule has 0 radical (unpaired) electrons. The summed E-state index contributed by atoms with van der Waals surface area (Å²) >= 11 is 21.0. The summed E-state index contributed by atoms with van der Waals surface area (Å²) in [6.45, 7) is 1.28. The smallest absolute Gasteiger partial charge is 0.245 e. The van der Waals surface area contributed by atoms with Crippen LogP contribution in [0.5, 0.6) is 0 Å². The molecule has 190 valence electrons. The van der Waals surface area contributed by atoms with Gasteiger partial charge in [-0.05, 0) is 53.1 Å². The minimum atomic E-state index is -0.882. The van der Waals surface area contributed by atoms with Crippen LogP contribution in [0, 0.1) is 0 Å². The minimum Gasteiger partial charge on any atom is -0.385 e. The number of benzene rings is 2. The van der Waals surface area contributed by atoms with E-state index in [0.717, 1.165) is 17.5 Å². The third kappa shape index (κ3) is 6.06. The highest BCUT2D eigenvalue weighted by Gasteiger charge is 2.35. The molecule has 2 amide bonds. The molecule has 1 aromatic heterocycles. The molecule has 2 atom stereocenters. The van der Waals surface area contributed by atoms with Gasteiger partial charge in [0.2, 0.25) is 11.8 Å². The van der Waals surface area contributed by atoms with Gasteiger partial charge in [-0.15, -0.1) is 22.9 Å². The molecular formula is C27H27Cl3N2O3S. The van der Waals surface area contributed by atoms with Crippen molar-refractivity contribution < 1.29 is 14.3 Å². The lowest BCUT2D eigenvalue weighted by atomic mass is 9.93. The molecule has 2 unspecified atom stereocenters. The maximum Gasteiger partial charge on any atom is 0.245 e. The number of fused-ring (bicyclic) bond motifs is 1. The number of thiophene rings is 1. The van der Waals surface area contributed by atoms with Crippen LogP contribution in [-0.2, 0) is 20.7 Å². The number of carbonyl (C=O) groups excluding carboxylic acids is 2. The highest BCUT2D eigenvalue weighted by atomic mass is 35.5. The fourth-order valence-corrected chi connectivity index (χ4v) is 6.19. The van der Waals surface area contributed by atoms with Crippen molar-refractivity contribution in [2.75, 3.05) is 33.4 Å². The summed E-state index contributed by atoms with van der Waals surface area (Å²) in [6.07, 6.45) is 1.34. The standard InChI is InChI=1S/C27H27Cl3N2O3S/c1-35-14-5-12-31(27(34)25(30)18-6-3-2-4-7-18)17-24(33)32-13-10-23-21(11-15-36-23)26(32)20-9-8-19(28)16-22(20)29/h2-4,6-9,11,15-16,25-26H,5,10,12-14,17H2,1H3. The molecule has 5 nitrogen and oxygen atoms in total. The number of ether oxygens (including phenoxy) is 1.